The molecule has 0 spiro atoms. The number of piperidine rings is 2. The molecule has 4 fully saturated rings. The maximum absolute atomic E-state index is 11.5. The molecule has 6 amide bonds. The first-order chi connectivity index (χ1) is 16.1. The molecule has 4 rings (SSSR count). The molecular formula is C27H45N3O6. The van der Waals surface area contributed by atoms with Gasteiger partial charge in [0.2, 0.25) is 35.4 Å². The minimum atomic E-state index is -0.139. The van der Waals surface area contributed by atoms with Crippen LogP contribution >= 0.6 is 0 Å². The monoisotopic (exact) mass is 507 g/mol. The Labute approximate surface area is 215 Å². The Hall–Kier alpha value is -2.58. The molecule has 2 atom stereocenters. The first-order valence-corrected chi connectivity index (χ1v) is 12.5. The van der Waals surface area contributed by atoms with Gasteiger partial charge in [0.15, 0.2) is 0 Å². The first kappa shape index (κ1) is 31.4. The highest BCUT2D eigenvalue weighted by molar-refractivity contribution is 6.04. The number of fused-ring (bicyclic) bond motifs is 1. The molecule has 3 aliphatic heterocycles. The van der Waals surface area contributed by atoms with E-state index in [1.165, 1.54) is 14.7 Å². The van der Waals surface area contributed by atoms with E-state index in [0.717, 1.165) is 25.7 Å². The summed E-state index contributed by atoms with van der Waals surface area (Å²) in [7, 11) is 3.14. The lowest BCUT2D eigenvalue weighted by Crippen LogP contribution is -2.45. The predicted molar refractivity (Wildman–Crippen MR) is 136 cm³/mol. The van der Waals surface area contributed by atoms with E-state index in [0.29, 0.717) is 32.2 Å². The fourth-order valence-corrected chi connectivity index (χ4v) is 5.15. The van der Waals surface area contributed by atoms with Gasteiger partial charge in [0.05, 0.1) is 11.8 Å². The number of carbonyl (C=O) groups is 6. The average molecular weight is 508 g/mol. The highest BCUT2D eigenvalue weighted by Crippen LogP contribution is 2.37. The van der Waals surface area contributed by atoms with Crippen LogP contribution in [0.3, 0.4) is 0 Å². The molecule has 1 saturated carbocycles. The lowest BCUT2D eigenvalue weighted by molar-refractivity contribution is -0.153. The SMILES string of the molecule is C.CCN1C(=O)CC(C)(C)CC1=O.CN1C(=O)C2CCCCC2C1=O.CN1C(=O)CC(C)(C)CC1=O. The summed E-state index contributed by atoms with van der Waals surface area (Å²) in [5, 5.41) is 0. The number of imide groups is 3. The van der Waals surface area contributed by atoms with E-state index >= 15 is 0 Å². The lowest BCUT2D eigenvalue weighted by atomic mass is 9.81. The van der Waals surface area contributed by atoms with Crippen LogP contribution in [-0.2, 0) is 28.8 Å². The van der Waals surface area contributed by atoms with Crippen molar-refractivity contribution in [1.29, 1.82) is 0 Å². The van der Waals surface area contributed by atoms with Crippen LogP contribution in [0.4, 0.5) is 0 Å². The Morgan fingerprint density at radius 1 is 0.639 bits per heavy atom. The van der Waals surface area contributed by atoms with Gasteiger partial charge in [-0.15, -0.1) is 0 Å². The molecule has 4 aliphatic rings. The summed E-state index contributed by atoms with van der Waals surface area (Å²) in [6.45, 7) is 10.1. The highest BCUT2D eigenvalue weighted by atomic mass is 16.2. The number of amides is 6. The van der Waals surface area contributed by atoms with E-state index in [1.807, 2.05) is 34.6 Å². The van der Waals surface area contributed by atoms with E-state index < -0.39 is 0 Å². The van der Waals surface area contributed by atoms with Crippen LogP contribution in [0.1, 0.15) is 93.4 Å². The molecule has 2 unspecified atom stereocenters. The quantitative estimate of drug-likeness (QED) is 0.503. The van der Waals surface area contributed by atoms with Gasteiger partial charge in [-0.3, -0.25) is 43.5 Å². The van der Waals surface area contributed by atoms with E-state index in [4.69, 9.17) is 0 Å². The van der Waals surface area contributed by atoms with E-state index in [2.05, 4.69) is 0 Å². The molecule has 9 nitrogen and oxygen atoms in total. The summed E-state index contributed by atoms with van der Waals surface area (Å²) in [6, 6.07) is 0. The molecule has 0 aromatic carbocycles. The first-order valence-electron chi connectivity index (χ1n) is 12.5. The third kappa shape index (κ3) is 7.46. The van der Waals surface area contributed by atoms with E-state index in [9.17, 15) is 28.8 Å². The van der Waals surface area contributed by atoms with Gasteiger partial charge in [-0.1, -0.05) is 48.0 Å². The average Bonchev–Trinajstić information content (AvgIpc) is 2.96. The second-order valence-electron chi connectivity index (χ2n) is 11.6. The summed E-state index contributed by atoms with van der Waals surface area (Å²) >= 11 is 0. The summed E-state index contributed by atoms with van der Waals surface area (Å²) in [5.74, 6) is -0.0445. The van der Waals surface area contributed by atoms with E-state index in [-0.39, 0.29) is 65.5 Å². The summed E-state index contributed by atoms with van der Waals surface area (Å²) in [5.41, 5.74) is -0.277. The zero-order valence-corrected chi connectivity index (χ0v) is 22.3. The van der Waals surface area contributed by atoms with Gasteiger partial charge in [0.1, 0.15) is 0 Å². The number of likely N-dealkylation sites (tertiary alicyclic amines) is 3. The molecular weight excluding hydrogens is 462 g/mol. The Morgan fingerprint density at radius 2 is 0.972 bits per heavy atom. The van der Waals surface area contributed by atoms with Crippen molar-refractivity contribution < 1.29 is 28.8 Å². The van der Waals surface area contributed by atoms with Gasteiger partial charge >= 0.3 is 0 Å². The molecule has 36 heavy (non-hydrogen) atoms. The predicted octanol–water partition coefficient (Wildman–Crippen LogP) is 3.40. The molecule has 9 heteroatoms. The van der Waals surface area contributed by atoms with Crippen LogP contribution in [0, 0.1) is 22.7 Å². The van der Waals surface area contributed by atoms with Gasteiger partial charge in [0, 0.05) is 46.3 Å². The van der Waals surface area contributed by atoms with Crippen LogP contribution in [0.15, 0.2) is 0 Å². The molecule has 204 valence electrons. The second-order valence-corrected chi connectivity index (χ2v) is 11.6. The molecule has 0 N–H and O–H groups in total. The molecule has 0 bridgehead atoms. The lowest BCUT2D eigenvalue weighted by Gasteiger charge is -2.33. The number of hydrogen-bond acceptors (Lipinski definition) is 6. The van der Waals surface area contributed by atoms with Crippen molar-refractivity contribution in [3.05, 3.63) is 0 Å². The summed E-state index contributed by atoms with van der Waals surface area (Å²) < 4.78 is 0. The van der Waals surface area contributed by atoms with Crippen molar-refractivity contribution in [1.82, 2.24) is 14.7 Å². The molecule has 0 aromatic rings. The topological polar surface area (TPSA) is 112 Å². The Kier molecular flexibility index (Phi) is 10.6. The van der Waals surface area contributed by atoms with Crippen molar-refractivity contribution in [3.8, 4) is 0 Å². The maximum atomic E-state index is 11.5. The van der Waals surface area contributed by atoms with Crippen molar-refractivity contribution in [3.63, 3.8) is 0 Å². The van der Waals surface area contributed by atoms with Gasteiger partial charge in [-0.05, 0) is 30.6 Å². The van der Waals surface area contributed by atoms with Crippen molar-refractivity contribution in [2.45, 2.75) is 93.4 Å². The van der Waals surface area contributed by atoms with Crippen LogP contribution in [0.25, 0.3) is 0 Å². The van der Waals surface area contributed by atoms with Crippen LogP contribution in [0.5, 0.6) is 0 Å². The van der Waals surface area contributed by atoms with Crippen LogP contribution in [-0.4, -0.2) is 70.8 Å². The molecule has 0 aromatic heterocycles. The minimum Gasteiger partial charge on any atom is -0.286 e. The second kappa shape index (κ2) is 12.1. The normalized spacial score (nSPS) is 26.9. The zero-order valence-electron chi connectivity index (χ0n) is 22.3. The van der Waals surface area contributed by atoms with Gasteiger partial charge < -0.3 is 0 Å². The van der Waals surface area contributed by atoms with Gasteiger partial charge in [-0.2, -0.15) is 0 Å². The van der Waals surface area contributed by atoms with Crippen molar-refractivity contribution in [2.75, 3.05) is 20.6 Å². The smallest absolute Gasteiger partial charge is 0.232 e. The molecule has 3 heterocycles. The number of rotatable bonds is 1. The maximum Gasteiger partial charge on any atom is 0.232 e. The van der Waals surface area contributed by atoms with Gasteiger partial charge in [0.25, 0.3) is 0 Å². The van der Waals surface area contributed by atoms with Crippen LogP contribution in [0.2, 0.25) is 0 Å². The fourth-order valence-electron chi connectivity index (χ4n) is 5.15. The van der Waals surface area contributed by atoms with Gasteiger partial charge in [-0.25, -0.2) is 0 Å². The summed E-state index contributed by atoms with van der Waals surface area (Å²) in [4.78, 5) is 71.7. The highest BCUT2D eigenvalue weighted by Gasteiger charge is 2.46. The van der Waals surface area contributed by atoms with E-state index in [1.54, 1.807) is 14.1 Å². The number of hydrogen-bond donors (Lipinski definition) is 0. The molecule has 3 saturated heterocycles. The number of nitrogens with zero attached hydrogens (tertiary/aromatic N) is 3. The van der Waals surface area contributed by atoms with Crippen molar-refractivity contribution >= 4 is 35.4 Å². The Bertz CT molecular complexity index is 830. The molecule has 0 radical (unpaired) electrons. The minimum absolute atomic E-state index is 0. The fraction of sp³-hybridized carbons (Fsp3) is 0.778. The zero-order chi connectivity index (χ0) is 26.7. The molecule has 1 aliphatic carbocycles. The largest absolute Gasteiger partial charge is 0.286 e. The standard InChI is InChI=1S/C9H13NO2.C9H15NO2.C8H13NO2.CH4/c1-10-8(11)6-4-2-3-5-7(6)9(10)12;1-4-10-7(11)5-9(2,3)6-8(10)12;1-8(2)4-6(10)9(3)7(11)5-8;/h6-7H,2-5H2,1H3;4-6H2,1-3H3;4-5H2,1-3H3;1H4. The third-order valence-corrected chi connectivity index (χ3v) is 7.25. The van der Waals surface area contributed by atoms with Crippen molar-refractivity contribution in [2.24, 2.45) is 22.7 Å². The Morgan fingerprint density at radius 3 is 1.31 bits per heavy atom. The van der Waals surface area contributed by atoms with Crippen LogP contribution < -0.4 is 0 Å². The third-order valence-electron chi connectivity index (χ3n) is 7.25. The number of carbonyl (C=O) groups excluding carboxylic acids is 6. The Balaban J connectivity index is 0.000000267. The summed E-state index contributed by atoms with van der Waals surface area (Å²) in [6.07, 6.45) is 5.99.